The lowest BCUT2D eigenvalue weighted by molar-refractivity contribution is 0.0945. The molecule has 0 unspecified atom stereocenters. The van der Waals surface area contributed by atoms with Crippen molar-refractivity contribution in [2.24, 2.45) is 5.92 Å². The Kier molecular flexibility index (Phi) is 3.10. The van der Waals surface area contributed by atoms with Gasteiger partial charge in [-0.15, -0.1) is 0 Å². The van der Waals surface area contributed by atoms with Crippen LogP contribution in [0.4, 0.5) is 0 Å². The summed E-state index contributed by atoms with van der Waals surface area (Å²) in [6, 6.07) is 1.78. The number of rotatable bonds is 3. The number of aryl methyl sites for hydroxylation is 1. The van der Waals surface area contributed by atoms with E-state index in [2.05, 4.69) is 25.0 Å². The summed E-state index contributed by atoms with van der Waals surface area (Å²) >= 11 is 0. The second kappa shape index (κ2) is 5.25. The number of carbonyl (C=O) groups is 1. The fourth-order valence-corrected chi connectivity index (χ4v) is 2.92. The van der Waals surface area contributed by atoms with Gasteiger partial charge < -0.3 is 9.88 Å². The minimum atomic E-state index is -0.120. The van der Waals surface area contributed by atoms with Crippen molar-refractivity contribution in [2.75, 3.05) is 6.54 Å². The molecule has 0 aliphatic carbocycles. The molecule has 1 aliphatic rings. The molecule has 1 atom stereocenters. The molecule has 7 nitrogen and oxygen atoms in total. The number of fused-ring (bicyclic) bond motifs is 2. The van der Waals surface area contributed by atoms with E-state index in [0.717, 1.165) is 25.2 Å². The minimum Gasteiger partial charge on any atom is -0.352 e. The molecule has 4 heterocycles. The number of hydrogen-bond acceptors (Lipinski definition) is 4. The van der Waals surface area contributed by atoms with E-state index in [4.69, 9.17) is 0 Å². The molecule has 112 valence electrons. The molecule has 1 amide bonds. The van der Waals surface area contributed by atoms with Gasteiger partial charge in [0.15, 0.2) is 5.65 Å². The monoisotopic (exact) mass is 296 g/mol. The van der Waals surface area contributed by atoms with Crippen molar-refractivity contribution in [1.29, 1.82) is 0 Å². The van der Waals surface area contributed by atoms with Crippen LogP contribution in [0, 0.1) is 5.92 Å². The molecule has 0 fully saturated rings. The average molecular weight is 296 g/mol. The van der Waals surface area contributed by atoms with Gasteiger partial charge in [0.05, 0.1) is 6.20 Å². The van der Waals surface area contributed by atoms with Gasteiger partial charge in [-0.05, 0) is 18.4 Å². The normalized spacial score (nSPS) is 17.4. The number of aromatic nitrogens is 5. The van der Waals surface area contributed by atoms with Crippen LogP contribution in [-0.4, -0.2) is 36.6 Å². The fourth-order valence-electron chi connectivity index (χ4n) is 2.92. The van der Waals surface area contributed by atoms with E-state index >= 15 is 0 Å². The smallest absolute Gasteiger partial charge is 0.256 e. The Morgan fingerprint density at radius 3 is 3.23 bits per heavy atom. The van der Waals surface area contributed by atoms with Crippen LogP contribution >= 0.6 is 0 Å². The molecular weight excluding hydrogens is 280 g/mol. The van der Waals surface area contributed by atoms with Gasteiger partial charge in [0, 0.05) is 44.3 Å². The van der Waals surface area contributed by atoms with Crippen LogP contribution in [0.15, 0.2) is 37.1 Å². The van der Waals surface area contributed by atoms with Crippen molar-refractivity contribution in [3.05, 3.63) is 48.4 Å². The van der Waals surface area contributed by atoms with E-state index in [1.165, 1.54) is 0 Å². The molecule has 1 N–H and O–H groups in total. The highest BCUT2D eigenvalue weighted by Gasteiger charge is 2.20. The van der Waals surface area contributed by atoms with Crippen LogP contribution in [0.3, 0.4) is 0 Å². The van der Waals surface area contributed by atoms with Gasteiger partial charge in [-0.3, -0.25) is 4.79 Å². The Balaban J connectivity index is 1.43. The first-order valence-corrected chi connectivity index (χ1v) is 7.38. The lowest BCUT2D eigenvalue weighted by Crippen LogP contribution is -2.33. The van der Waals surface area contributed by atoms with Crippen LogP contribution in [0.2, 0.25) is 0 Å². The number of imidazole rings is 1. The number of nitrogens with zero attached hydrogens (tertiary/aromatic N) is 5. The molecule has 3 aromatic rings. The van der Waals surface area contributed by atoms with Crippen molar-refractivity contribution in [2.45, 2.75) is 19.4 Å². The zero-order valence-electron chi connectivity index (χ0n) is 12.0. The topological polar surface area (TPSA) is 77.1 Å². The van der Waals surface area contributed by atoms with Gasteiger partial charge in [-0.25, -0.2) is 14.5 Å². The maximum atomic E-state index is 12.3. The predicted molar refractivity (Wildman–Crippen MR) is 79.4 cm³/mol. The van der Waals surface area contributed by atoms with E-state index < -0.39 is 0 Å². The molecule has 0 radical (unpaired) electrons. The molecule has 1 aliphatic heterocycles. The summed E-state index contributed by atoms with van der Waals surface area (Å²) in [6.45, 7) is 1.56. The van der Waals surface area contributed by atoms with E-state index in [1.54, 1.807) is 29.2 Å². The molecule has 0 bridgehead atoms. The first kappa shape index (κ1) is 13.0. The summed E-state index contributed by atoms with van der Waals surface area (Å²) in [4.78, 5) is 20.9. The summed E-state index contributed by atoms with van der Waals surface area (Å²) in [6.07, 6.45) is 10.8. The maximum absolute atomic E-state index is 12.3. The number of carbonyl (C=O) groups excluding carboxylic acids is 1. The largest absolute Gasteiger partial charge is 0.352 e. The van der Waals surface area contributed by atoms with Gasteiger partial charge in [0.1, 0.15) is 11.4 Å². The lowest BCUT2D eigenvalue weighted by Gasteiger charge is -2.23. The van der Waals surface area contributed by atoms with Gasteiger partial charge in [0.2, 0.25) is 0 Å². The van der Waals surface area contributed by atoms with Crippen LogP contribution in [0.5, 0.6) is 0 Å². The third-order valence-corrected chi connectivity index (χ3v) is 4.11. The predicted octanol–water partition coefficient (Wildman–Crippen LogP) is 0.918. The summed E-state index contributed by atoms with van der Waals surface area (Å²) in [5, 5.41) is 7.14. The van der Waals surface area contributed by atoms with E-state index in [-0.39, 0.29) is 5.91 Å². The number of amides is 1. The first-order valence-electron chi connectivity index (χ1n) is 7.38. The minimum absolute atomic E-state index is 0.120. The van der Waals surface area contributed by atoms with Crippen molar-refractivity contribution >= 4 is 11.6 Å². The van der Waals surface area contributed by atoms with Crippen LogP contribution in [0.25, 0.3) is 5.65 Å². The zero-order valence-corrected chi connectivity index (χ0v) is 12.0. The first-order chi connectivity index (χ1) is 10.8. The highest BCUT2D eigenvalue weighted by molar-refractivity contribution is 5.99. The van der Waals surface area contributed by atoms with Gasteiger partial charge in [-0.2, -0.15) is 5.10 Å². The van der Waals surface area contributed by atoms with E-state index in [9.17, 15) is 4.79 Å². The summed E-state index contributed by atoms with van der Waals surface area (Å²) in [5.74, 6) is 1.44. The Labute approximate surface area is 127 Å². The van der Waals surface area contributed by atoms with Crippen molar-refractivity contribution in [3.8, 4) is 0 Å². The molecule has 3 aromatic heterocycles. The zero-order chi connectivity index (χ0) is 14.9. The van der Waals surface area contributed by atoms with Crippen LogP contribution in [0.1, 0.15) is 22.6 Å². The molecule has 0 saturated heterocycles. The summed E-state index contributed by atoms with van der Waals surface area (Å²) < 4.78 is 3.77. The highest BCUT2D eigenvalue weighted by Crippen LogP contribution is 2.18. The summed E-state index contributed by atoms with van der Waals surface area (Å²) in [5.41, 5.74) is 1.10. The maximum Gasteiger partial charge on any atom is 0.256 e. The van der Waals surface area contributed by atoms with E-state index in [0.29, 0.717) is 23.7 Å². The number of hydrogen-bond donors (Lipinski definition) is 1. The van der Waals surface area contributed by atoms with Crippen LogP contribution < -0.4 is 5.32 Å². The third kappa shape index (κ3) is 2.24. The molecule has 7 heteroatoms. The van der Waals surface area contributed by atoms with Crippen LogP contribution in [-0.2, 0) is 13.0 Å². The number of nitrogens with one attached hydrogen (secondary N) is 1. The molecule has 0 saturated carbocycles. The Morgan fingerprint density at radius 2 is 2.27 bits per heavy atom. The average Bonchev–Trinajstić information content (AvgIpc) is 3.18. The lowest BCUT2D eigenvalue weighted by atomic mass is 9.99. The van der Waals surface area contributed by atoms with Crippen molar-refractivity contribution in [1.82, 2.24) is 29.5 Å². The Hall–Kier alpha value is -2.70. The molecule has 22 heavy (non-hydrogen) atoms. The SMILES string of the molecule is O=C(NC[C@@H]1CCc2nccn2C1)c1cnn2cccnc12. The Bertz CT molecular complexity index is 820. The second-order valence-corrected chi connectivity index (χ2v) is 5.56. The van der Waals surface area contributed by atoms with Crippen molar-refractivity contribution in [3.63, 3.8) is 0 Å². The second-order valence-electron chi connectivity index (χ2n) is 5.56. The Morgan fingerprint density at radius 1 is 1.32 bits per heavy atom. The van der Waals surface area contributed by atoms with Gasteiger partial charge >= 0.3 is 0 Å². The third-order valence-electron chi connectivity index (χ3n) is 4.11. The molecular formula is C15H16N6O. The van der Waals surface area contributed by atoms with Gasteiger partial charge in [-0.1, -0.05) is 0 Å². The molecule has 0 aromatic carbocycles. The molecule has 0 spiro atoms. The molecule has 4 rings (SSSR count). The highest BCUT2D eigenvalue weighted by atomic mass is 16.1. The fraction of sp³-hybridized carbons (Fsp3) is 0.333. The van der Waals surface area contributed by atoms with Gasteiger partial charge in [0.25, 0.3) is 5.91 Å². The van der Waals surface area contributed by atoms with Crippen molar-refractivity contribution < 1.29 is 4.79 Å². The standard InChI is InChI=1S/C15H16N6O/c22-15(12-9-19-21-6-1-4-17-14(12)21)18-8-11-2-3-13-16-5-7-20(13)10-11/h1,4-7,9,11H,2-3,8,10H2,(H,18,22)/t11-/m0/s1. The van der Waals surface area contributed by atoms with E-state index in [1.807, 2.05) is 12.4 Å². The quantitative estimate of drug-likeness (QED) is 0.779. The summed E-state index contributed by atoms with van der Waals surface area (Å²) in [7, 11) is 0.